The average molecular weight is 341 g/mol. The lowest BCUT2D eigenvalue weighted by Crippen LogP contribution is -2.05. The first-order valence-corrected chi connectivity index (χ1v) is 9.06. The van der Waals surface area contributed by atoms with Gasteiger partial charge < -0.3 is 0 Å². The average Bonchev–Trinajstić information content (AvgIpc) is 2.59. The summed E-state index contributed by atoms with van der Waals surface area (Å²) >= 11 is 0. The first kappa shape index (κ1) is 17.8. The second-order valence-electron chi connectivity index (χ2n) is 5.25. The highest BCUT2D eigenvalue weighted by Gasteiger charge is 2.15. The molecule has 0 N–H and O–H groups in total. The van der Waals surface area contributed by atoms with Crippen LogP contribution in [-0.4, -0.2) is 14.1 Å². The zero-order valence-electron chi connectivity index (χ0n) is 13.7. The van der Waals surface area contributed by atoms with E-state index in [2.05, 4.69) is 17.0 Å². The molecule has 0 aromatic heterocycles. The summed E-state index contributed by atoms with van der Waals surface area (Å²) in [6, 6.07) is 15.8. The van der Waals surface area contributed by atoms with Gasteiger partial charge in [0, 0.05) is 12.0 Å². The molecule has 24 heavy (non-hydrogen) atoms. The van der Waals surface area contributed by atoms with E-state index in [0.29, 0.717) is 12.1 Å². The van der Waals surface area contributed by atoms with E-state index in [1.54, 1.807) is 12.1 Å². The predicted molar refractivity (Wildman–Crippen MR) is 95.1 cm³/mol. The van der Waals surface area contributed by atoms with Crippen LogP contribution in [-0.2, 0) is 14.4 Å². The van der Waals surface area contributed by atoms with Gasteiger partial charge in [-0.25, -0.2) is 0 Å². The maximum Gasteiger partial charge on any atom is 0.358 e. The van der Waals surface area contributed by atoms with Crippen molar-refractivity contribution in [1.29, 1.82) is 0 Å². The minimum absolute atomic E-state index is 0.0729. The molecule has 0 heterocycles. The molecule has 0 radical (unpaired) electrons. The molecule has 0 unspecified atom stereocenters. The normalized spacial score (nSPS) is 11.5. The summed E-state index contributed by atoms with van der Waals surface area (Å²) in [5.41, 5.74) is 2.21. The van der Waals surface area contributed by atoms with Gasteiger partial charge in [-0.1, -0.05) is 53.9 Å². The Hall–Kier alpha value is -2.58. The SMILES string of the molecule is CCC/C(C#Cc1ccccc1)=N\OS(=O)(=O)c1ccc(C)cc1. The van der Waals surface area contributed by atoms with Gasteiger partial charge in [0.05, 0.1) is 0 Å². The van der Waals surface area contributed by atoms with Gasteiger partial charge in [-0.3, -0.25) is 4.28 Å². The Morgan fingerprint density at radius 3 is 2.38 bits per heavy atom. The molecule has 124 valence electrons. The Kier molecular flexibility index (Phi) is 6.16. The van der Waals surface area contributed by atoms with E-state index in [1.807, 2.05) is 44.2 Å². The maximum absolute atomic E-state index is 12.1. The highest BCUT2D eigenvalue weighted by atomic mass is 32.2. The highest BCUT2D eigenvalue weighted by molar-refractivity contribution is 7.86. The zero-order valence-corrected chi connectivity index (χ0v) is 14.5. The third-order valence-corrected chi connectivity index (χ3v) is 4.29. The van der Waals surface area contributed by atoms with Crippen molar-refractivity contribution in [2.45, 2.75) is 31.6 Å². The first-order chi connectivity index (χ1) is 11.5. The van der Waals surface area contributed by atoms with Crippen molar-refractivity contribution in [2.24, 2.45) is 5.16 Å². The molecule has 0 saturated heterocycles. The summed E-state index contributed by atoms with van der Waals surface area (Å²) in [6.07, 6.45) is 1.33. The van der Waals surface area contributed by atoms with Crippen LogP contribution in [0, 0.1) is 18.8 Å². The van der Waals surface area contributed by atoms with Crippen LogP contribution in [0.5, 0.6) is 0 Å². The van der Waals surface area contributed by atoms with E-state index >= 15 is 0 Å². The van der Waals surface area contributed by atoms with Gasteiger partial charge in [0.2, 0.25) is 0 Å². The molecular weight excluding hydrogens is 322 g/mol. The largest absolute Gasteiger partial charge is 0.358 e. The van der Waals surface area contributed by atoms with Crippen molar-refractivity contribution in [3.8, 4) is 11.8 Å². The van der Waals surface area contributed by atoms with E-state index in [0.717, 1.165) is 17.5 Å². The minimum Gasteiger partial charge on any atom is -0.264 e. The molecule has 2 aromatic rings. The highest BCUT2D eigenvalue weighted by Crippen LogP contribution is 2.13. The molecule has 0 aliphatic carbocycles. The quantitative estimate of drug-likeness (QED) is 0.471. The molecule has 2 rings (SSSR count). The van der Waals surface area contributed by atoms with Crippen LogP contribution >= 0.6 is 0 Å². The molecule has 0 atom stereocenters. The maximum atomic E-state index is 12.1. The first-order valence-electron chi connectivity index (χ1n) is 7.65. The number of oxime groups is 1. The monoisotopic (exact) mass is 341 g/mol. The minimum atomic E-state index is -3.93. The summed E-state index contributed by atoms with van der Waals surface area (Å²) in [5, 5.41) is 3.75. The van der Waals surface area contributed by atoms with Gasteiger partial charge >= 0.3 is 10.1 Å². The van der Waals surface area contributed by atoms with Crippen molar-refractivity contribution < 1.29 is 12.7 Å². The molecule has 0 aliphatic heterocycles. The Morgan fingerprint density at radius 2 is 1.75 bits per heavy atom. The van der Waals surface area contributed by atoms with E-state index in [4.69, 9.17) is 4.28 Å². The molecule has 0 aliphatic rings. The van der Waals surface area contributed by atoms with Crippen LogP contribution in [0.4, 0.5) is 0 Å². The summed E-state index contributed by atoms with van der Waals surface area (Å²) in [4.78, 5) is 0.0729. The van der Waals surface area contributed by atoms with Gasteiger partial charge in [-0.15, -0.1) is 0 Å². The van der Waals surface area contributed by atoms with Crippen LogP contribution in [0.3, 0.4) is 0 Å². The smallest absolute Gasteiger partial charge is 0.264 e. The number of nitrogens with zero attached hydrogens (tertiary/aromatic N) is 1. The van der Waals surface area contributed by atoms with Crippen LogP contribution < -0.4 is 0 Å². The second-order valence-corrected chi connectivity index (χ2v) is 6.77. The van der Waals surface area contributed by atoms with Crippen molar-refractivity contribution in [3.63, 3.8) is 0 Å². The van der Waals surface area contributed by atoms with Crippen molar-refractivity contribution in [1.82, 2.24) is 0 Å². The number of aryl methyl sites for hydroxylation is 1. The molecule has 0 bridgehead atoms. The van der Waals surface area contributed by atoms with Gasteiger partial charge in [0.1, 0.15) is 10.6 Å². The van der Waals surface area contributed by atoms with Crippen LogP contribution in [0.2, 0.25) is 0 Å². The van der Waals surface area contributed by atoms with E-state index in [-0.39, 0.29) is 4.90 Å². The molecule has 4 nitrogen and oxygen atoms in total. The topological polar surface area (TPSA) is 55.7 Å². The lowest BCUT2D eigenvalue weighted by Gasteiger charge is -2.03. The third kappa shape index (κ3) is 5.25. The van der Waals surface area contributed by atoms with Crippen LogP contribution in [0.1, 0.15) is 30.9 Å². The molecule has 2 aromatic carbocycles. The van der Waals surface area contributed by atoms with Gasteiger partial charge in [0.15, 0.2) is 0 Å². The molecule has 5 heteroatoms. The zero-order chi connectivity index (χ0) is 17.4. The van der Waals surface area contributed by atoms with Crippen LogP contribution in [0.25, 0.3) is 0 Å². The summed E-state index contributed by atoms with van der Waals surface area (Å²) in [6.45, 7) is 3.85. The fraction of sp³-hybridized carbons (Fsp3) is 0.211. The number of benzene rings is 2. The Morgan fingerprint density at radius 1 is 1.08 bits per heavy atom. The molecule has 0 saturated carbocycles. The predicted octanol–water partition coefficient (Wildman–Crippen LogP) is 3.91. The Labute approximate surface area is 143 Å². The molecule has 0 amide bonds. The number of hydrogen-bond acceptors (Lipinski definition) is 4. The fourth-order valence-corrected chi connectivity index (χ4v) is 2.62. The van der Waals surface area contributed by atoms with E-state index in [1.165, 1.54) is 12.1 Å². The van der Waals surface area contributed by atoms with Gasteiger partial charge in [0.25, 0.3) is 0 Å². The molecular formula is C19H19NO3S. The van der Waals surface area contributed by atoms with Gasteiger partial charge in [-0.2, -0.15) is 8.42 Å². The molecule has 0 spiro atoms. The van der Waals surface area contributed by atoms with E-state index in [9.17, 15) is 8.42 Å². The number of rotatable bonds is 5. The summed E-state index contributed by atoms with van der Waals surface area (Å²) in [7, 11) is -3.93. The van der Waals surface area contributed by atoms with Crippen molar-refractivity contribution in [3.05, 3.63) is 65.7 Å². The summed E-state index contributed by atoms with van der Waals surface area (Å²) in [5.74, 6) is 5.84. The van der Waals surface area contributed by atoms with E-state index < -0.39 is 10.1 Å². The van der Waals surface area contributed by atoms with Gasteiger partial charge in [-0.05, 0) is 43.5 Å². The number of hydrogen-bond donors (Lipinski definition) is 0. The third-order valence-electron chi connectivity index (χ3n) is 3.17. The lowest BCUT2D eigenvalue weighted by atomic mass is 10.2. The lowest BCUT2D eigenvalue weighted by molar-refractivity contribution is 0.338. The standard InChI is InChI=1S/C19H19NO3S/c1-3-7-18(13-12-17-8-5-4-6-9-17)20-23-24(21,22)19-14-10-16(2)11-15-19/h4-6,8-11,14-15H,3,7H2,1-2H3/b20-18+. The van der Waals surface area contributed by atoms with Crippen molar-refractivity contribution >= 4 is 15.8 Å². The Bertz CT molecular complexity index is 858. The Balaban J connectivity index is 2.19. The van der Waals surface area contributed by atoms with Crippen LogP contribution in [0.15, 0.2) is 64.6 Å². The molecule has 0 fully saturated rings. The summed E-state index contributed by atoms with van der Waals surface area (Å²) < 4.78 is 29.1. The fourth-order valence-electron chi connectivity index (χ4n) is 1.88. The second kappa shape index (κ2) is 8.32. The van der Waals surface area contributed by atoms with Crippen molar-refractivity contribution in [2.75, 3.05) is 0 Å².